The van der Waals surface area contributed by atoms with Gasteiger partial charge in [0.25, 0.3) is 0 Å². The van der Waals surface area contributed by atoms with Crippen molar-refractivity contribution >= 4 is 11.9 Å². The van der Waals surface area contributed by atoms with Gasteiger partial charge >= 0.3 is 17.9 Å². The van der Waals surface area contributed by atoms with Gasteiger partial charge in [0.1, 0.15) is 18.3 Å². The van der Waals surface area contributed by atoms with Crippen LogP contribution in [0.25, 0.3) is 0 Å². The SMILES string of the molecule is O=C1CCC(=O)OC(O)([C@H](O)[C@H](O)[C@H](O)[C@H](O)CO)O1. The Morgan fingerprint density at radius 3 is 1.85 bits per heavy atom. The highest BCUT2D eigenvalue weighted by atomic mass is 16.9. The Kier molecular flexibility index (Phi) is 5.39. The molecule has 1 aliphatic heterocycles. The maximum Gasteiger partial charge on any atom is 0.403 e. The molecule has 1 heterocycles. The van der Waals surface area contributed by atoms with E-state index in [0.717, 1.165) is 0 Å². The van der Waals surface area contributed by atoms with Crippen molar-refractivity contribution in [3.8, 4) is 0 Å². The smallest absolute Gasteiger partial charge is 0.396 e. The third kappa shape index (κ3) is 3.62. The van der Waals surface area contributed by atoms with Crippen LogP contribution in [0.4, 0.5) is 0 Å². The minimum Gasteiger partial charge on any atom is -0.396 e. The second kappa shape index (κ2) is 6.43. The first-order valence-corrected chi connectivity index (χ1v) is 5.70. The number of hydrogen-bond donors (Lipinski definition) is 6. The monoisotopic (exact) mass is 296 g/mol. The number of esters is 2. The van der Waals surface area contributed by atoms with Crippen LogP contribution in [-0.4, -0.2) is 79.6 Å². The average molecular weight is 296 g/mol. The third-order valence-electron chi connectivity index (χ3n) is 2.68. The van der Waals surface area contributed by atoms with Crippen molar-refractivity contribution in [2.24, 2.45) is 0 Å². The molecule has 0 aliphatic carbocycles. The van der Waals surface area contributed by atoms with Gasteiger partial charge < -0.3 is 40.1 Å². The molecule has 0 radical (unpaired) electrons. The number of rotatable bonds is 5. The fourth-order valence-electron chi connectivity index (χ4n) is 1.51. The lowest BCUT2D eigenvalue weighted by Gasteiger charge is -2.34. The molecular formula is C10H16O10. The maximum atomic E-state index is 11.2. The molecule has 0 aromatic rings. The molecular weight excluding hydrogens is 280 g/mol. The highest BCUT2D eigenvalue weighted by molar-refractivity contribution is 5.79. The number of aliphatic hydroxyl groups is 6. The van der Waals surface area contributed by atoms with Crippen molar-refractivity contribution in [3.63, 3.8) is 0 Å². The number of carbonyl (C=O) groups excluding carboxylic acids is 2. The van der Waals surface area contributed by atoms with Crippen LogP contribution < -0.4 is 0 Å². The predicted molar refractivity (Wildman–Crippen MR) is 57.5 cm³/mol. The Morgan fingerprint density at radius 1 is 1.00 bits per heavy atom. The van der Waals surface area contributed by atoms with Crippen molar-refractivity contribution in [1.29, 1.82) is 0 Å². The molecule has 0 aromatic heterocycles. The fraction of sp³-hybridized carbons (Fsp3) is 0.800. The van der Waals surface area contributed by atoms with E-state index >= 15 is 0 Å². The Bertz CT molecular complexity index is 351. The second-order valence-corrected chi connectivity index (χ2v) is 4.25. The Morgan fingerprint density at radius 2 is 1.45 bits per heavy atom. The average Bonchev–Trinajstić information content (AvgIpc) is 2.54. The van der Waals surface area contributed by atoms with Gasteiger partial charge in [0, 0.05) is 0 Å². The minimum atomic E-state index is -3.19. The number of ether oxygens (including phenoxy) is 2. The molecule has 6 N–H and O–H groups in total. The summed E-state index contributed by atoms with van der Waals surface area (Å²) in [6.45, 7) is -0.942. The van der Waals surface area contributed by atoms with Crippen molar-refractivity contribution in [1.82, 2.24) is 0 Å². The molecule has 1 saturated heterocycles. The van der Waals surface area contributed by atoms with E-state index in [4.69, 9.17) is 10.2 Å². The van der Waals surface area contributed by atoms with Crippen molar-refractivity contribution in [3.05, 3.63) is 0 Å². The largest absolute Gasteiger partial charge is 0.403 e. The maximum absolute atomic E-state index is 11.2. The van der Waals surface area contributed by atoms with Crippen LogP contribution in [-0.2, 0) is 19.1 Å². The standard InChI is InChI=1S/C10H16O10/c11-3-4(12)7(15)8(16)9(17)10(18)19-5(13)1-2-6(14)20-10/h4,7-9,11-12,15-18H,1-3H2/t4-,7-,8-,9-/m1/s1. The molecule has 0 bridgehead atoms. The van der Waals surface area contributed by atoms with Gasteiger partial charge in [-0.1, -0.05) is 0 Å². The van der Waals surface area contributed by atoms with Crippen LogP contribution in [0.2, 0.25) is 0 Å². The molecule has 1 fully saturated rings. The summed E-state index contributed by atoms with van der Waals surface area (Å²) in [5, 5.41) is 56.1. The zero-order valence-electron chi connectivity index (χ0n) is 10.2. The number of hydrogen-bond acceptors (Lipinski definition) is 10. The first kappa shape index (κ1) is 16.8. The van der Waals surface area contributed by atoms with E-state index in [-0.39, 0.29) is 0 Å². The molecule has 1 aliphatic rings. The van der Waals surface area contributed by atoms with Gasteiger partial charge in [0.05, 0.1) is 19.4 Å². The van der Waals surface area contributed by atoms with Gasteiger partial charge in [-0.3, -0.25) is 9.59 Å². The first-order valence-electron chi connectivity index (χ1n) is 5.70. The summed E-state index contributed by atoms with van der Waals surface area (Å²) in [6, 6.07) is 0. The lowest BCUT2D eigenvalue weighted by Crippen LogP contribution is -2.59. The van der Waals surface area contributed by atoms with Crippen LogP contribution in [0.3, 0.4) is 0 Å². The molecule has 10 nitrogen and oxygen atoms in total. The predicted octanol–water partition coefficient (Wildman–Crippen LogP) is -4.05. The van der Waals surface area contributed by atoms with Gasteiger partial charge in [-0.2, -0.15) is 0 Å². The third-order valence-corrected chi connectivity index (χ3v) is 2.68. The molecule has 0 amide bonds. The molecule has 0 spiro atoms. The molecule has 0 saturated carbocycles. The molecule has 20 heavy (non-hydrogen) atoms. The summed E-state index contributed by atoms with van der Waals surface area (Å²) in [5.74, 6) is -5.33. The van der Waals surface area contributed by atoms with Crippen molar-refractivity contribution < 1.29 is 49.7 Å². The van der Waals surface area contributed by atoms with E-state index in [2.05, 4.69) is 9.47 Å². The van der Waals surface area contributed by atoms with Crippen molar-refractivity contribution in [2.45, 2.75) is 43.2 Å². The van der Waals surface area contributed by atoms with E-state index in [1.54, 1.807) is 0 Å². The molecule has 1 rings (SSSR count). The van der Waals surface area contributed by atoms with Crippen molar-refractivity contribution in [2.75, 3.05) is 6.61 Å². The first-order chi connectivity index (χ1) is 9.21. The van der Waals surface area contributed by atoms with Crippen LogP contribution in [0.1, 0.15) is 12.8 Å². The Labute approximate surface area is 112 Å². The van der Waals surface area contributed by atoms with Gasteiger partial charge in [0.2, 0.25) is 0 Å². The number of cyclic esters (lactones) is 2. The molecule has 4 atom stereocenters. The molecule has 0 unspecified atom stereocenters. The summed E-state index contributed by atoms with van der Waals surface area (Å²) in [6.07, 6.45) is -9.43. The van der Waals surface area contributed by atoms with Crippen LogP contribution in [0.5, 0.6) is 0 Å². The highest BCUT2D eigenvalue weighted by Crippen LogP contribution is 2.24. The molecule has 116 valence electrons. The zero-order valence-corrected chi connectivity index (χ0v) is 10.2. The lowest BCUT2D eigenvalue weighted by atomic mass is 10.0. The second-order valence-electron chi connectivity index (χ2n) is 4.25. The summed E-state index contributed by atoms with van der Waals surface area (Å²) in [4.78, 5) is 22.3. The summed E-state index contributed by atoms with van der Waals surface area (Å²) < 4.78 is 8.65. The van der Waals surface area contributed by atoms with E-state index in [1.165, 1.54) is 0 Å². The molecule has 10 heteroatoms. The van der Waals surface area contributed by atoms with Crippen LogP contribution >= 0.6 is 0 Å². The lowest BCUT2D eigenvalue weighted by molar-refractivity contribution is -0.372. The minimum absolute atomic E-state index is 0.397. The number of carbonyl (C=O) groups is 2. The van der Waals surface area contributed by atoms with Gasteiger partial charge in [-0.05, 0) is 0 Å². The Balaban J connectivity index is 2.88. The van der Waals surface area contributed by atoms with Gasteiger partial charge in [-0.25, -0.2) is 0 Å². The van der Waals surface area contributed by atoms with Crippen LogP contribution in [0.15, 0.2) is 0 Å². The van der Waals surface area contributed by atoms with Crippen LogP contribution in [0, 0.1) is 0 Å². The van der Waals surface area contributed by atoms with E-state index in [9.17, 15) is 30.0 Å². The van der Waals surface area contributed by atoms with E-state index < -0.39 is 61.8 Å². The van der Waals surface area contributed by atoms with Gasteiger partial charge in [0.15, 0.2) is 6.10 Å². The van der Waals surface area contributed by atoms with E-state index in [0.29, 0.717) is 0 Å². The van der Waals surface area contributed by atoms with E-state index in [1.807, 2.05) is 0 Å². The topological polar surface area (TPSA) is 174 Å². The highest BCUT2D eigenvalue weighted by Gasteiger charge is 2.52. The Hall–Kier alpha value is -1.30. The zero-order chi connectivity index (χ0) is 15.5. The molecule has 0 aromatic carbocycles. The number of aliphatic hydroxyl groups excluding tert-OH is 5. The van der Waals surface area contributed by atoms with Gasteiger partial charge in [-0.15, -0.1) is 0 Å². The quantitative estimate of drug-likeness (QED) is 0.274. The fourth-order valence-corrected chi connectivity index (χ4v) is 1.51. The summed E-state index contributed by atoms with van der Waals surface area (Å²) in [7, 11) is 0. The summed E-state index contributed by atoms with van der Waals surface area (Å²) in [5.41, 5.74) is 0. The normalized spacial score (nSPS) is 24.9. The summed E-state index contributed by atoms with van der Waals surface area (Å²) >= 11 is 0.